The minimum absolute atomic E-state index is 0.306. The van der Waals surface area contributed by atoms with Gasteiger partial charge in [0.15, 0.2) is 0 Å². The van der Waals surface area contributed by atoms with E-state index in [1.165, 1.54) is 7.11 Å². The monoisotopic (exact) mass is 242 g/mol. The van der Waals surface area contributed by atoms with E-state index in [2.05, 4.69) is 15.0 Å². The van der Waals surface area contributed by atoms with E-state index in [9.17, 15) is 4.79 Å². The molecule has 1 heterocycles. The number of carbonyl (C=O) groups is 1. The molecule has 0 spiro atoms. The summed E-state index contributed by atoms with van der Waals surface area (Å²) in [6.45, 7) is 0. The number of ether oxygens (including phenoxy) is 1. The third kappa shape index (κ3) is 2.85. The molecule has 18 heavy (non-hydrogen) atoms. The fourth-order valence-corrected chi connectivity index (χ4v) is 1.70. The van der Waals surface area contributed by atoms with E-state index in [0.717, 1.165) is 11.3 Å². The number of carbonyl (C=O) groups excluding carboxylic acids is 1. The predicted octanol–water partition coefficient (Wildman–Crippen LogP) is 2.53. The first-order chi connectivity index (χ1) is 8.81. The summed E-state index contributed by atoms with van der Waals surface area (Å²) < 4.78 is 4.65. The van der Waals surface area contributed by atoms with Crippen LogP contribution in [0.4, 0.5) is 4.79 Å². The number of rotatable bonds is 3. The largest absolute Gasteiger partial charge is 0.453 e. The van der Waals surface area contributed by atoms with Crippen LogP contribution in [0.3, 0.4) is 0 Å². The maximum atomic E-state index is 11.4. The molecule has 1 aromatic heterocycles. The Morgan fingerprint density at radius 3 is 2.50 bits per heavy atom. The van der Waals surface area contributed by atoms with Crippen LogP contribution in [0.5, 0.6) is 0 Å². The number of aromatic nitrogens is 1. The number of nitrogens with one attached hydrogen (secondary N) is 1. The number of pyridine rings is 1. The molecule has 1 unspecified atom stereocenters. The topological polar surface area (TPSA) is 51.2 Å². The maximum Gasteiger partial charge on any atom is 0.407 e. The molecule has 2 aromatic rings. The van der Waals surface area contributed by atoms with Gasteiger partial charge < -0.3 is 10.1 Å². The fourth-order valence-electron chi connectivity index (χ4n) is 1.70. The molecule has 0 aliphatic carbocycles. The lowest BCUT2D eigenvalue weighted by atomic mass is 10.0. The molecule has 0 radical (unpaired) electrons. The van der Waals surface area contributed by atoms with Gasteiger partial charge in [-0.3, -0.25) is 4.98 Å². The Balaban J connectivity index is 2.32. The molecule has 0 saturated carbocycles. The predicted molar refractivity (Wildman–Crippen MR) is 68.1 cm³/mol. The normalized spacial score (nSPS) is 11.6. The first-order valence-electron chi connectivity index (χ1n) is 5.61. The number of benzene rings is 1. The molecule has 1 aromatic carbocycles. The lowest BCUT2D eigenvalue weighted by Crippen LogP contribution is -2.29. The Morgan fingerprint density at radius 2 is 1.89 bits per heavy atom. The van der Waals surface area contributed by atoms with Crippen molar-refractivity contribution in [1.82, 2.24) is 10.3 Å². The van der Waals surface area contributed by atoms with Crippen molar-refractivity contribution in [2.24, 2.45) is 0 Å². The molecule has 2 rings (SSSR count). The zero-order valence-corrected chi connectivity index (χ0v) is 10.0. The van der Waals surface area contributed by atoms with Gasteiger partial charge in [0.1, 0.15) is 0 Å². The van der Waals surface area contributed by atoms with Crippen LogP contribution >= 0.6 is 0 Å². The Hall–Kier alpha value is -2.36. The number of nitrogens with zero attached hydrogens (tertiary/aromatic N) is 1. The molecule has 1 amide bonds. The quantitative estimate of drug-likeness (QED) is 0.899. The van der Waals surface area contributed by atoms with Crippen LogP contribution in [0.15, 0.2) is 54.7 Å². The van der Waals surface area contributed by atoms with Crippen LogP contribution in [-0.4, -0.2) is 18.2 Å². The molecular weight excluding hydrogens is 228 g/mol. The number of alkyl carbamates (subject to hydrolysis) is 1. The van der Waals surface area contributed by atoms with E-state index in [-0.39, 0.29) is 6.04 Å². The number of amides is 1. The van der Waals surface area contributed by atoms with Crippen LogP contribution in [0.2, 0.25) is 0 Å². The summed E-state index contributed by atoms with van der Waals surface area (Å²) in [6.07, 6.45) is 1.22. The first-order valence-corrected chi connectivity index (χ1v) is 5.61. The third-order valence-electron chi connectivity index (χ3n) is 2.56. The molecule has 1 N–H and O–H groups in total. The minimum atomic E-state index is -0.477. The van der Waals surface area contributed by atoms with Gasteiger partial charge in [0.25, 0.3) is 0 Å². The Labute approximate surface area is 106 Å². The molecule has 0 fully saturated rings. The van der Waals surface area contributed by atoms with Gasteiger partial charge in [-0.25, -0.2) is 4.79 Å². The molecule has 0 saturated heterocycles. The van der Waals surface area contributed by atoms with E-state index in [1.54, 1.807) is 6.20 Å². The molecular formula is C14H14N2O2. The van der Waals surface area contributed by atoms with Crippen LogP contribution in [0.1, 0.15) is 17.3 Å². The van der Waals surface area contributed by atoms with Crippen LogP contribution in [-0.2, 0) is 4.74 Å². The standard InChI is InChI=1S/C14H14N2O2/c1-18-14(17)16-13(11-7-3-2-4-8-11)12-9-5-6-10-15-12/h2-10,13H,1H3,(H,16,17). The van der Waals surface area contributed by atoms with Crippen molar-refractivity contribution in [3.63, 3.8) is 0 Å². The summed E-state index contributed by atoms with van der Waals surface area (Å²) in [4.78, 5) is 15.7. The second-order valence-corrected chi connectivity index (χ2v) is 3.73. The maximum absolute atomic E-state index is 11.4. The molecule has 0 bridgehead atoms. The second-order valence-electron chi connectivity index (χ2n) is 3.73. The SMILES string of the molecule is COC(=O)NC(c1ccccc1)c1ccccn1. The van der Waals surface area contributed by atoms with E-state index in [4.69, 9.17) is 0 Å². The van der Waals surface area contributed by atoms with Crippen molar-refractivity contribution in [2.75, 3.05) is 7.11 Å². The summed E-state index contributed by atoms with van der Waals surface area (Å²) in [5.74, 6) is 0. The lowest BCUT2D eigenvalue weighted by molar-refractivity contribution is 0.168. The van der Waals surface area contributed by atoms with Gasteiger partial charge in [0.05, 0.1) is 18.8 Å². The highest BCUT2D eigenvalue weighted by molar-refractivity contribution is 5.68. The van der Waals surface area contributed by atoms with Gasteiger partial charge in [0.2, 0.25) is 0 Å². The average molecular weight is 242 g/mol. The fraction of sp³-hybridized carbons (Fsp3) is 0.143. The Kier molecular flexibility index (Phi) is 3.91. The van der Waals surface area contributed by atoms with Crippen molar-refractivity contribution in [2.45, 2.75) is 6.04 Å². The molecule has 4 heteroatoms. The highest BCUT2D eigenvalue weighted by atomic mass is 16.5. The number of methoxy groups -OCH3 is 1. The van der Waals surface area contributed by atoms with Crippen LogP contribution in [0.25, 0.3) is 0 Å². The van der Waals surface area contributed by atoms with Crippen molar-refractivity contribution in [1.29, 1.82) is 0 Å². The molecule has 92 valence electrons. The number of hydrogen-bond donors (Lipinski definition) is 1. The van der Waals surface area contributed by atoms with Crippen LogP contribution in [0, 0.1) is 0 Å². The van der Waals surface area contributed by atoms with Crippen molar-refractivity contribution < 1.29 is 9.53 Å². The Bertz CT molecular complexity index is 460. The van der Waals surface area contributed by atoms with Crippen LogP contribution < -0.4 is 5.32 Å². The van der Waals surface area contributed by atoms with E-state index >= 15 is 0 Å². The van der Waals surface area contributed by atoms with E-state index in [0.29, 0.717) is 0 Å². The van der Waals surface area contributed by atoms with Gasteiger partial charge in [-0.2, -0.15) is 0 Å². The molecule has 0 aliphatic rings. The van der Waals surface area contributed by atoms with E-state index < -0.39 is 6.09 Å². The summed E-state index contributed by atoms with van der Waals surface area (Å²) in [5, 5.41) is 2.78. The summed E-state index contributed by atoms with van der Waals surface area (Å²) in [6, 6.07) is 14.9. The molecule has 4 nitrogen and oxygen atoms in total. The van der Waals surface area contributed by atoms with Crippen molar-refractivity contribution >= 4 is 6.09 Å². The second kappa shape index (κ2) is 5.82. The highest BCUT2D eigenvalue weighted by Gasteiger charge is 2.17. The smallest absolute Gasteiger partial charge is 0.407 e. The van der Waals surface area contributed by atoms with Gasteiger partial charge in [-0.05, 0) is 17.7 Å². The summed E-state index contributed by atoms with van der Waals surface area (Å²) >= 11 is 0. The van der Waals surface area contributed by atoms with Crippen molar-refractivity contribution in [3.8, 4) is 0 Å². The first kappa shape index (κ1) is 12.1. The van der Waals surface area contributed by atoms with Gasteiger partial charge in [0, 0.05) is 6.20 Å². The van der Waals surface area contributed by atoms with Gasteiger partial charge in [-0.15, -0.1) is 0 Å². The number of hydrogen-bond acceptors (Lipinski definition) is 3. The summed E-state index contributed by atoms with van der Waals surface area (Å²) in [5.41, 5.74) is 1.73. The lowest BCUT2D eigenvalue weighted by Gasteiger charge is -2.17. The molecule has 0 aliphatic heterocycles. The summed E-state index contributed by atoms with van der Waals surface area (Å²) in [7, 11) is 1.34. The zero-order chi connectivity index (χ0) is 12.8. The van der Waals surface area contributed by atoms with Gasteiger partial charge >= 0.3 is 6.09 Å². The molecule has 1 atom stereocenters. The highest BCUT2D eigenvalue weighted by Crippen LogP contribution is 2.19. The Morgan fingerprint density at radius 1 is 1.17 bits per heavy atom. The van der Waals surface area contributed by atoms with Crippen molar-refractivity contribution in [3.05, 3.63) is 66.0 Å². The zero-order valence-electron chi connectivity index (χ0n) is 10.0. The van der Waals surface area contributed by atoms with E-state index in [1.807, 2.05) is 48.5 Å². The third-order valence-corrected chi connectivity index (χ3v) is 2.56. The van der Waals surface area contributed by atoms with Gasteiger partial charge in [-0.1, -0.05) is 36.4 Å². The minimum Gasteiger partial charge on any atom is -0.453 e. The average Bonchev–Trinajstić information content (AvgIpc) is 2.46.